The lowest BCUT2D eigenvalue weighted by Crippen LogP contribution is -2.37. The van der Waals surface area contributed by atoms with Gasteiger partial charge in [0, 0.05) is 24.0 Å². The molecule has 2 aliphatic heterocycles. The second kappa shape index (κ2) is 5.81. The van der Waals surface area contributed by atoms with E-state index in [1.165, 1.54) is 25.7 Å². The highest BCUT2D eigenvalue weighted by Gasteiger charge is 2.44. The summed E-state index contributed by atoms with van der Waals surface area (Å²) < 4.78 is 5.55. The van der Waals surface area contributed by atoms with Crippen molar-refractivity contribution in [2.45, 2.75) is 56.1 Å². The molecule has 0 amide bonds. The minimum atomic E-state index is -1.05. The fourth-order valence-corrected chi connectivity index (χ4v) is 3.28. The normalized spacial score (nSPS) is 38.5. The van der Waals surface area contributed by atoms with Crippen LogP contribution in [0.2, 0.25) is 0 Å². The summed E-state index contributed by atoms with van der Waals surface area (Å²) in [6, 6.07) is 0.513. The Hall–Kier alpha value is -0.950. The molecule has 0 spiro atoms. The van der Waals surface area contributed by atoms with Crippen molar-refractivity contribution < 1.29 is 20.1 Å². The molecule has 1 saturated heterocycles. The summed E-state index contributed by atoms with van der Waals surface area (Å²) in [6.45, 7) is 0.342. The summed E-state index contributed by atoms with van der Waals surface area (Å²) in [6.07, 6.45) is 5.12. The van der Waals surface area contributed by atoms with Crippen LogP contribution in [0.15, 0.2) is 16.8 Å². The molecule has 3 N–H and O–H groups in total. The topological polar surface area (TPSA) is 85.5 Å². The lowest BCUT2D eigenvalue weighted by Gasteiger charge is -2.30. The molecule has 1 saturated carbocycles. The smallest absolute Gasteiger partial charge is 0.114 e. The summed E-state index contributed by atoms with van der Waals surface area (Å²) >= 11 is 0. The zero-order chi connectivity index (χ0) is 14.1. The molecule has 2 heterocycles. The Kier molecular flexibility index (Phi) is 4.07. The molecule has 2 fully saturated rings. The molecule has 0 radical (unpaired) electrons. The van der Waals surface area contributed by atoms with E-state index in [1.54, 1.807) is 6.21 Å². The molecule has 6 nitrogen and oxygen atoms in total. The lowest BCUT2D eigenvalue weighted by atomic mass is 10.0. The summed E-state index contributed by atoms with van der Waals surface area (Å²) in [5.74, 6) is 0. The van der Waals surface area contributed by atoms with Gasteiger partial charge in [-0.2, -0.15) is 0 Å². The Balaban J connectivity index is 1.74. The molecule has 3 aliphatic rings. The van der Waals surface area contributed by atoms with Crippen molar-refractivity contribution in [2.75, 3.05) is 13.3 Å². The average Bonchev–Trinajstić information content (AvgIpc) is 3.10. The van der Waals surface area contributed by atoms with Crippen LogP contribution < -0.4 is 0 Å². The molecule has 0 unspecified atom stereocenters. The number of hydrogen-bond acceptors (Lipinski definition) is 6. The maximum atomic E-state index is 10.1. The standard InChI is InChI=1S/C14H22N2O4/c17-7-11-12(18)13(19)14(20-11)9-5-15-8-16(6-9)10-3-1-2-4-10/h5-6,10-14,17-19H,1-4,7-8H2/t11-,12-,13-,14+/m1/s1. The van der Waals surface area contributed by atoms with Crippen LogP contribution in [-0.4, -0.2) is 70.2 Å². The molecule has 3 rings (SSSR count). The van der Waals surface area contributed by atoms with Crippen LogP contribution in [0.4, 0.5) is 0 Å². The van der Waals surface area contributed by atoms with E-state index < -0.39 is 24.4 Å². The Morgan fingerprint density at radius 3 is 2.65 bits per heavy atom. The average molecular weight is 282 g/mol. The van der Waals surface area contributed by atoms with Crippen LogP contribution in [0.3, 0.4) is 0 Å². The van der Waals surface area contributed by atoms with Crippen molar-refractivity contribution in [1.82, 2.24) is 4.90 Å². The van der Waals surface area contributed by atoms with Crippen LogP contribution in [0.25, 0.3) is 0 Å². The summed E-state index contributed by atoms with van der Waals surface area (Å²) in [4.78, 5) is 6.53. The van der Waals surface area contributed by atoms with Crippen molar-refractivity contribution in [2.24, 2.45) is 4.99 Å². The Morgan fingerprint density at radius 2 is 2.00 bits per heavy atom. The molecule has 0 aromatic heterocycles. The first kappa shape index (κ1) is 14.0. The third-order valence-electron chi connectivity index (χ3n) is 4.46. The van der Waals surface area contributed by atoms with Gasteiger partial charge in [-0.1, -0.05) is 12.8 Å². The maximum absolute atomic E-state index is 10.1. The Morgan fingerprint density at radius 1 is 1.25 bits per heavy atom. The molecule has 0 aromatic rings. The van der Waals surface area contributed by atoms with Crippen LogP contribution in [0.5, 0.6) is 0 Å². The van der Waals surface area contributed by atoms with Gasteiger partial charge in [-0.3, -0.25) is 4.99 Å². The third-order valence-corrected chi connectivity index (χ3v) is 4.46. The van der Waals surface area contributed by atoms with Gasteiger partial charge in [-0.05, 0) is 12.8 Å². The van der Waals surface area contributed by atoms with Crippen LogP contribution in [0.1, 0.15) is 25.7 Å². The SMILES string of the molecule is OC[C@H]1O[C@@H](C2=CN(C3CCCC3)CN=C2)[C@H](O)[C@@H]1O. The second-order valence-electron chi connectivity index (χ2n) is 5.79. The highest BCUT2D eigenvalue weighted by atomic mass is 16.6. The molecule has 4 atom stereocenters. The fourth-order valence-electron chi connectivity index (χ4n) is 3.28. The Bertz CT molecular complexity index is 406. The van der Waals surface area contributed by atoms with Gasteiger partial charge < -0.3 is 25.0 Å². The largest absolute Gasteiger partial charge is 0.394 e. The quantitative estimate of drug-likeness (QED) is 0.658. The number of hydrogen-bond donors (Lipinski definition) is 3. The summed E-state index contributed by atoms with van der Waals surface area (Å²) in [5.41, 5.74) is 0.769. The zero-order valence-electron chi connectivity index (χ0n) is 11.4. The lowest BCUT2D eigenvalue weighted by molar-refractivity contribution is -0.0133. The first-order valence-electron chi connectivity index (χ1n) is 7.30. The number of ether oxygens (including phenoxy) is 1. The van der Waals surface area contributed by atoms with E-state index in [4.69, 9.17) is 9.84 Å². The van der Waals surface area contributed by atoms with Gasteiger partial charge in [0.1, 0.15) is 31.1 Å². The van der Waals surface area contributed by atoms with Gasteiger partial charge in [-0.25, -0.2) is 0 Å². The van der Waals surface area contributed by atoms with Gasteiger partial charge in [0.25, 0.3) is 0 Å². The van der Waals surface area contributed by atoms with Crippen molar-refractivity contribution in [1.29, 1.82) is 0 Å². The van der Waals surface area contributed by atoms with Crippen LogP contribution in [0, 0.1) is 0 Å². The molecular weight excluding hydrogens is 260 g/mol. The first-order chi connectivity index (χ1) is 9.70. The van der Waals surface area contributed by atoms with E-state index in [0.717, 1.165) is 5.57 Å². The third kappa shape index (κ3) is 2.48. The Labute approximate surface area is 118 Å². The molecule has 0 aromatic carbocycles. The monoisotopic (exact) mass is 282 g/mol. The van der Waals surface area contributed by atoms with Crippen molar-refractivity contribution in [3.63, 3.8) is 0 Å². The minimum Gasteiger partial charge on any atom is -0.394 e. The van der Waals surface area contributed by atoms with E-state index in [0.29, 0.717) is 12.7 Å². The first-order valence-corrected chi connectivity index (χ1v) is 7.30. The number of aliphatic hydroxyl groups excluding tert-OH is 3. The van der Waals surface area contributed by atoms with E-state index in [1.807, 2.05) is 6.20 Å². The van der Waals surface area contributed by atoms with Crippen LogP contribution >= 0.6 is 0 Å². The summed E-state index contributed by atoms with van der Waals surface area (Å²) in [7, 11) is 0. The predicted molar refractivity (Wildman–Crippen MR) is 73.3 cm³/mol. The number of aliphatic hydroxyl groups is 3. The van der Waals surface area contributed by atoms with Crippen LogP contribution in [-0.2, 0) is 4.74 Å². The van der Waals surface area contributed by atoms with E-state index in [9.17, 15) is 10.2 Å². The van der Waals surface area contributed by atoms with Crippen molar-refractivity contribution >= 4 is 6.21 Å². The predicted octanol–water partition coefficient (Wildman–Crippen LogP) is -0.362. The van der Waals surface area contributed by atoms with Gasteiger partial charge in [0.05, 0.1) is 6.61 Å². The number of rotatable bonds is 3. The molecule has 112 valence electrons. The molecule has 6 heteroatoms. The van der Waals surface area contributed by atoms with Gasteiger partial charge in [-0.15, -0.1) is 0 Å². The van der Waals surface area contributed by atoms with E-state index >= 15 is 0 Å². The van der Waals surface area contributed by atoms with Gasteiger partial charge in [0.15, 0.2) is 0 Å². The second-order valence-corrected chi connectivity index (χ2v) is 5.79. The fraction of sp³-hybridized carbons (Fsp3) is 0.786. The molecule has 0 bridgehead atoms. The molecule has 20 heavy (non-hydrogen) atoms. The number of nitrogens with zero attached hydrogens (tertiary/aromatic N) is 2. The minimum absolute atomic E-state index is 0.300. The van der Waals surface area contributed by atoms with Crippen molar-refractivity contribution in [3.05, 3.63) is 11.8 Å². The summed E-state index contributed by atoms with van der Waals surface area (Å²) in [5, 5.41) is 29.0. The van der Waals surface area contributed by atoms with Gasteiger partial charge >= 0.3 is 0 Å². The number of aliphatic imine (C=N–C) groups is 1. The molecule has 1 aliphatic carbocycles. The van der Waals surface area contributed by atoms with E-state index in [-0.39, 0.29) is 6.61 Å². The van der Waals surface area contributed by atoms with E-state index in [2.05, 4.69) is 9.89 Å². The van der Waals surface area contributed by atoms with Crippen molar-refractivity contribution in [3.8, 4) is 0 Å². The highest BCUT2D eigenvalue weighted by molar-refractivity contribution is 5.80. The highest BCUT2D eigenvalue weighted by Crippen LogP contribution is 2.29. The van der Waals surface area contributed by atoms with Gasteiger partial charge in [0.2, 0.25) is 0 Å². The molecular formula is C14H22N2O4. The maximum Gasteiger partial charge on any atom is 0.114 e. The zero-order valence-corrected chi connectivity index (χ0v) is 11.4.